The number of hydrogen-bond acceptors (Lipinski definition) is 6. The zero-order valence-electron chi connectivity index (χ0n) is 14.2. The van der Waals surface area contributed by atoms with Crippen LogP contribution in [-0.2, 0) is 9.53 Å². The Bertz CT molecular complexity index is 809. The van der Waals surface area contributed by atoms with E-state index in [-0.39, 0.29) is 5.56 Å². The Morgan fingerprint density at radius 1 is 1.21 bits per heavy atom. The molecular weight excluding hydrogens is 308 g/mol. The van der Waals surface area contributed by atoms with Gasteiger partial charge in [0.05, 0.1) is 10.9 Å². The van der Waals surface area contributed by atoms with Crippen LogP contribution in [0.3, 0.4) is 0 Å². The molecule has 128 valence electrons. The maximum atomic E-state index is 13.0. The number of piperazine rings is 1. The predicted molar refractivity (Wildman–Crippen MR) is 91.6 cm³/mol. The van der Waals surface area contributed by atoms with Gasteiger partial charge in [-0.3, -0.25) is 9.59 Å². The van der Waals surface area contributed by atoms with Gasteiger partial charge in [-0.05, 0) is 26.1 Å². The van der Waals surface area contributed by atoms with Crippen LogP contribution in [0.2, 0.25) is 0 Å². The summed E-state index contributed by atoms with van der Waals surface area (Å²) in [4.78, 5) is 31.2. The summed E-state index contributed by atoms with van der Waals surface area (Å²) in [6.45, 7) is 6.26. The summed E-state index contributed by atoms with van der Waals surface area (Å²) in [5.74, 6) is 0.0632. The second-order valence-electron chi connectivity index (χ2n) is 6.11. The maximum absolute atomic E-state index is 13.0. The van der Waals surface area contributed by atoms with Gasteiger partial charge in [-0.15, -0.1) is 0 Å². The molecule has 7 nitrogen and oxygen atoms in total. The first-order chi connectivity index (χ1) is 11.5. The Morgan fingerprint density at radius 2 is 1.88 bits per heavy atom. The molecule has 1 aromatic carbocycles. The largest absolute Gasteiger partial charge is 0.455 e. The lowest BCUT2D eigenvalue weighted by molar-refractivity contribution is -0.146. The first kappa shape index (κ1) is 16.4. The van der Waals surface area contributed by atoms with Crippen LogP contribution in [0.4, 0.5) is 0 Å². The topological polar surface area (TPSA) is 67.7 Å². The van der Waals surface area contributed by atoms with Crippen molar-refractivity contribution in [2.45, 2.75) is 20.0 Å². The molecule has 0 bridgehead atoms. The number of para-hydroxylation sites is 1. The third kappa shape index (κ3) is 3.12. The molecular formula is C17H22N4O3. The van der Waals surface area contributed by atoms with Crippen LogP contribution in [0, 0.1) is 0 Å². The van der Waals surface area contributed by atoms with Crippen molar-refractivity contribution in [1.82, 2.24) is 14.6 Å². The van der Waals surface area contributed by atoms with Gasteiger partial charge in [-0.25, -0.2) is 9.66 Å². The number of hydrogen-bond donors (Lipinski definition) is 0. The Labute approximate surface area is 140 Å². The average molecular weight is 330 g/mol. The predicted octanol–water partition coefficient (Wildman–Crippen LogP) is 0.904. The zero-order chi connectivity index (χ0) is 17.3. The van der Waals surface area contributed by atoms with Crippen molar-refractivity contribution in [3.63, 3.8) is 0 Å². The van der Waals surface area contributed by atoms with E-state index in [1.54, 1.807) is 23.7 Å². The van der Waals surface area contributed by atoms with Crippen molar-refractivity contribution in [2.24, 2.45) is 0 Å². The minimum atomic E-state index is -0.598. The van der Waals surface area contributed by atoms with Crippen LogP contribution in [0.25, 0.3) is 10.9 Å². The van der Waals surface area contributed by atoms with Crippen LogP contribution < -0.4 is 10.6 Å². The monoisotopic (exact) mass is 330 g/mol. The number of likely N-dealkylation sites (N-methyl/N-ethyl adjacent to an activating group) is 1. The Kier molecular flexibility index (Phi) is 4.53. The highest BCUT2D eigenvalue weighted by Crippen LogP contribution is 2.18. The summed E-state index contributed by atoms with van der Waals surface area (Å²) < 4.78 is 6.88. The van der Waals surface area contributed by atoms with Crippen molar-refractivity contribution < 1.29 is 9.53 Å². The highest BCUT2D eigenvalue weighted by molar-refractivity contribution is 5.77. The lowest BCUT2D eigenvalue weighted by Crippen LogP contribution is -2.54. The van der Waals surface area contributed by atoms with Crippen LogP contribution in [-0.4, -0.2) is 53.8 Å². The number of carbonyl (C=O) groups is 1. The fourth-order valence-electron chi connectivity index (χ4n) is 2.97. The van der Waals surface area contributed by atoms with Crippen LogP contribution >= 0.6 is 0 Å². The molecule has 1 saturated heterocycles. The van der Waals surface area contributed by atoms with Crippen LogP contribution in [0.1, 0.15) is 25.8 Å². The van der Waals surface area contributed by atoms with Gasteiger partial charge in [0.2, 0.25) is 0 Å². The molecule has 1 fully saturated rings. The molecule has 0 N–H and O–H groups in total. The van der Waals surface area contributed by atoms with Gasteiger partial charge in [0.15, 0.2) is 11.9 Å². The average Bonchev–Trinajstić information content (AvgIpc) is 2.55. The highest BCUT2D eigenvalue weighted by Gasteiger charge is 2.24. The van der Waals surface area contributed by atoms with E-state index in [0.29, 0.717) is 16.7 Å². The van der Waals surface area contributed by atoms with Crippen molar-refractivity contribution >= 4 is 16.9 Å². The number of benzene rings is 1. The Balaban J connectivity index is 2.14. The van der Waals surface area contributed by atoms with Gasteiger partial charge in [-0.1, -0.05) is 12.1 Å². The SMILES string of the molecule is CC(=O)OC(C)c1nc2ccccc2c(=O)n1N1CCN(C)CC1. The molecule has 1 aliphatic rings. The van der Waals surface area contributed by atoms with Gasteiger partial charge >= 0.3 is 5.97 Å². The molecule has 1 atom stereocenters. The fraction of sp³-hybridized carbons (Fsp3) is 0.471. The van der Waals surface area contributed by atoms with Crippen molar-refractivity contribution in [3.8, 4) is 0 Å². The van der Waals surface area contributed by atoms with E-state index in [1.807, 2.05) is 17.1 Å². The van der Waals surface area contributed by atoms with Gasteiger partial charge in [-0.2, -0.15) is 0 Å². The maximum Gasteiger partial charge on any atom is 0.303 e. The lowest BCUT2D eigenvalue weighted by atomic mass is 10.2. The van der Waals surface area contributed by atoms with Crippen molar-refractivity contribution in [2.75, 3.05) is 38.2 Å². The number of fused-ring (bicyclic) bond motifs is 1. The standard InChI is InChI=1S/C17H22N4O3/c1-12(24-13(2)22)16-18-15-7-5-4-6-14(15)17(23)21(16)20-10-8-19(3)9-11-20/h4-7,12H,8-11H2,1-3H3. The van der Waals surface area contributed by atoms with E-state index in [2.05, 4.69) is 16.9 Å². The van der Waals surface area contributed by atoms with Gasteiger partial charge in [0.25, 0.3) is 5.56 Å². The summed E-state index contributed by atoms with van der Waals surface area (Å²) in [7, 11) is 2.06. The fourth-order valence-corrected chi connectivity index (χ4v) is 2.97. The van der Waals surface area contributed by atoms with Crippen molar-refractivity contribution in [1.29, 1.82) is 0 Å². The summed E-state index contributed by atoms with van der Waals surface area (Å²) in [5, 5.41) is 2.55. The minimum absolute atomic E-state index is 0.126. The van der Waals surface area contributed by atoms with Crippen LogP contribution in [0.5, 0.6) is 0 Å². The molecule has 7 heteroatoms. The van der Waals surface area contributed by atoms with E-state index in [4.69, 9.17) is 4.74 Å². The molecule has 0 saturated carbocycles. The number of esters is 1. The van der Waals surface area contributed by atoms with Crippen molar-refractivity contribution in [3.05, 3.63) is 40.4 Å². The quantitative estimate of drug-likeness (QED) is 0.779. The molecule has 24 heavy (non-hydrogen) atoms. The summed E-state index contributed by atoms with van der Waals surface area (Å²) >= 11 is 0. The lowest BCUT2D eigenvalue weighted by Gasteiger charge is -2.36. The number of rotatable bonds is 3. The molecule has 3 rings (SSSR count). The highest BCUT2D eigenvalue weighted by atomic mass is 16.5. The van der Waals surface area contributed by atoms with Gasteiger partial charge < -0.3 is 14.6 Å². The zero-order valence-corrected chi connectivity index (χ0v) is 14.2. The molecule has 0 aliphatic carbocycles. The number of carbonyl (C=O) groups excluding carboxylic acids is 1. The normalized spacial score (nSPS) is 17.0. The van der Waals surface area contributed by atoms with E-state index >= 15 is 0 Å². The summed E-state index contributed by atoms with van der Waals surface area (Å²) in [5.41, 5.74) is 0.487. The van der Waals surface area contributed by atoms with E-state index in [9.17, 15) is 9.59 Å². The van der Waals surface area contributed by atoms with E-state index in [1.165, 1.54) is 6.92 Å². The van der Waals surface area contributed by atoms with Crippen LogP contribution in [0.15, 0.2) is 29.1 Å². The number of aromatic nitrogens is 2. The molecule has 2 aromatic rings. The molecule has 0 radical (unpaired) electrons. The summed E-state index contributed by atoms with van der Waals surface area (Å²) in [6, 6.07) is 7.25. The van der Waals surface area contributed by atoms with E-state index < -0.39 is 12.1 Å². The summed E-state index contributed by atoms with van der Waals surface area (Å²) in [6.07, 6.45) is -0.598. The minimum Gasteiger partial charge on any atom is -0.455 e. The molecule has 2 heterocycles. The Morgan fingerprint density at radius 3 is 2.54 bits per heavy atom. The molecule has 1 unspecified atom stereocenters. The number of ether oxygens (including phenoxy) is 1. The Hall–Kier alpha value is -2.41. The molecule has 0 amide bonds. The third-order valence-electron chi connectivity index (χ3n) is 4.25. The van der Waals surface area contributed by atoms with E-state index in [0.717, 1.165) is 26.2 Å². The second kappa shape index (κ2) is 6.60. The first-order valence-corrected chi connectivity index (χ1v) is 8.10. The molecule has 1 aromatic heterocycles. The number of nitrogens with zero attached hydrogens (tertiary/aromatic N) is 4. The third-order valence-corrected chi connectivity index (χ3v) is 4.25. The smallest absolute Gasteiger partial charge is 0.303 e. The van der Waals surface area contributed by atoms with Gasteiger partial charge in [0.1, 0.15) is 0 Å². The second-order valence-corrected chi connectivity index (χ2v) is 6.11. The molecule has 0 spiro atoms. The first-order valence-electron chi connectivity index (χ1n) is 8.10. The molecule has 1 aliphatic heterocycles. The van der Waals surface area contributed by atoms with Gasteiger partial charge in [0, 0.05) is 33.1 Å².